The molecule has 1 amide bonds. The second-order valence-corrected chi connectivity index (χ2v) is 10.2. The summed E-state index contributed by atoms with van der Waals surface area (Å²) < 4.78 is 54.9. The second-order valence-electron chi connectivity index (χ2n) is 8.26. The summed E-state index contributed by atoms with van der Waals surface area (Å²) in [6, 6.07) is 14.1. The second kappa shape index (κ2) is 8.63. The number of aryl methyl sites for hydroxylation is 1. The molecule has 0 bridgehead atoms. The Morgan fingerprint density at radius 3 is 2.62 bits per heavy atom. The molecule has 2 heterocycles. The molecule has 4 rings (SSSR count). The maximum absolute atomic E-state index is 13.5. The van der Waals surface area contributed by atoms with Crippen LogP contribution in [0.5, 0.6) is 0 Å². The maximum Gasteiger partial charge on any atom is 0.261 e. The number of hydrogen-bond donors (Lipinski definition) is 1. The molecule has 0 atom stereocenters. The van der Waals surface area contributed by atoms with Gasteiger partial charge in [-0.1, -0.05) is 30.3 Å². The van der Waals surface area contributed by atoms with E-state index in [1.165, 1.54) is 6.20 Å². The first-order valence-electron chi connectivity index (χ1n) is 10.4. The monoisotopic (exact) mass is 461 g/mol. The van der Waals surface area contributed by atoms with E-state index in [0.29, 0.717) is 36.2 Å². The van der Waals surface area contributed by atoms with E-state index in [4.69, 9.17) is 0 Å². The SMILES string of the molecule is Cc1cccc(NC(=O)CS(=O)(=O)c2cn(CCN3CCC(F)(F)C3)c3ccccc23)c1. The van der Waals surface area contributed by atoms with Crippen molar-refractivity contribution in [1.82, 2.24) is 9.47 Å². The molecule has 0 spiro atoms. The average molecular weight is 462 g/mol. The van der Waals surface area contributed by atoms with Gasteiger partial charge in [0.15, 0.2) is 9.84 Å². The number of benzene rings is 2. The van der Waals surface area contributed by atoms with E-state index in [0.717, 1.165) is 5.56 Å². The minimum absolute atomic E-state index is 0.0687. The standard InChI is InChI=1S/C23H25F2N3O3S/c1-17-5-4-6-18(13-17)26-22(29)15-32(30,31)21-14-28(20-8-3-2-7-19(20)21)12-11-27-10-9-23(24,25)16-27/h2-8,13-14H,9-12,15-16H2,1H3,(H,26,29). The summed E-state index contributed by atoms with van der Waals surface area (Å²) >= 11 is 0. The van der Waals surface area contributed by atoms with Crippen LogP contribution in [0.3, 0.4) is 0 Å². The highest BCUT2D eigenvalue weighted by Crippen LogP contribution is 2.29. The van der Waals surface area contributed by atoms with Gasteiger partial charge in [-0.25, -0.2) is 17.2 Å². The Morgan fingerprint density at radius 2 is 1.91 bits per heavy atom. The zero-order valence-corrected chi connectivity index (χ0v) is 18.5. The minimum Gasteiger partial charge on any atom is -0.345 e. The predicted octanol–water partition coefficient (Wildman–Crippen LogP) is 3.70. The Hall–Kier alpha value is -2.78. The van der Waals surface area contributed by atoms with E-state index in [9.17, 15) is 22.0 Å². The van der Waals surface area contributed by atoms with Gasteiger partial charge in [-0.15, -0.1) is 0 Å². The van der Waals surface area contributed by atoms with Gasteiger partial charge >= 0.3 is 0 Å². The first-order chi connectivity index (χ1) is 15.1. The Bertz CT molecular complexity index is 1250. The number of rotatable bonds is 7. The van der Waals surface area contributed by atoms with Crippen LogP contribution in [0.15, 0.2) is 59.6 Å². The van der Waals surface area contributed by atoms with Crippen molar-refractivity contribution in [3.05, 3.63) is 60.3 Å². The Kier molecular flexibility index (Phi) is 6.05. The van der Waals surface area contributed by atoms with Crippen LogP contribution in [-0.4, -0.2) is 55.1 Å². The van der Waals surface area contributed by atoms with Crippen molar-refractivity contribution in [2.75, 3.05) is 30.7 Å². The van der Waals surface area contributed by atoms with Crippen molar-refractivity contribution in [3.63, 3.8) is 0 Å². The van der Waals surface area contributed by atoms with E-state index < -0.39 is 27.4 Å². The molecule has 0 aliphatic carbocycles. The Balaban J connectivity index is 1.53. The van der Waals surface area contributed by atoms with Crippen LogP contribution in [0.25, 0.3) is 10.9 Å². The summed E-state index contributed by atoms with van der Waals surface area (Å²) in [5.41, 5.74) is 2.18. The van der Waals surface area contributed by atoms with E-state index in [-0.39, 0.29) is 17.9 Å². The molecule has 0 unspecified atom stereocenters. The van der Waals surface area contributed by atoms with E-state index in [1.54, 1.807) is 51.9 Å². The summed E-state index contributed by atoms with van der Waals surface area (Å²) in [6.07, 6.45) is 1.35. The number of carbonyl (C=O) groups excluding carboxylic acids is 1. The van der Waals surface area contributed by atoms with Crippen LogP contribution < -0.4 is 5.32 Å². The smallest absolute Gasteiger partial charge is 0.261 e. The van der Waals surface area contributed by atoms with Gasteiger partial charge in [-0.2, -0.15) is 0 Å². The van der Waals surface area contributed by atoms with Crippen molar-refractivity contribution < 1.29 is 22.0 Å². The zero-order chi connectivity index (χ0) is 22.9. The number of hydrogen-bond acceptors (Lipinski definition) is 4. The number of sulfone groups is 1. The van der Waals surface area contributed by atoms with Crippen LogP contribution in [0.2, 0.25) is 0 Å². The van der Waals surface area contributed by atoms with Crippen molar-refractivity contribution in [1.29, 1.82) is 0 Å². The molecular weight excluding hydrogens is 436 g/mol. The van der Waals surface area contributed by atoms with Gasteiger partial charge in [0, 0.05) is 48.8 Å². The zero-order valence-electron chi connectivity index (χ0n) is 17.7. The molecule has 6 nitrogen and oxygen atoms in total. The van der Waals surface area contributed by atoms with Crippen molar-refractivity contribution in [2.45, 2.75) is 30.7 Å². The van der Waals surface area contributed by atoms with Crippen LogP contribution >= 0.6 is 0 Å². The average Bonchev–Trinajstić information content (AvgIpc) is 3.26. The summed E-state index contributed by atoms with van der Waals surface area (Å²) in [5.74, 6) is -3.97. The number of alkyl halides is 2. The lowest BCUT2D eigenvalue weighted by Crippen LogP contribution is -2.28. The lowest BCUT2D eigenvalue weighted by molar-refractivity contribution is -0.113. The van der Waals surface area contributed by atoms with Crippen LogP contribution in [0, 0.1) is 6.92 Å². The van der Waals surface area contributed by atoms with Crippen molar-refractivity contribution in [2.24, 2.45) is 0 Å². The third-order valence-electron chi connectivity index (χ3n) is 5.62. The normalized spacial score (nSPS) is 16.5. The number of likely N-dealkylation sites (tertiary alicyclic amines) is 1. The van der Waals surface area contributed by atoms with Gasteiger partial charge in [0.05, 0.1) is 11.4 Å². The predicted molar refractivity (Wildman–Crippen MR) is 120 cm³/mol. The molecular formula is C23H25F2N3O3S. The van der Waals surface area contributed by atoms with Crippen molar-refractivity contribution in [3.8, 4) is 0 Å². The minimum atomic E-state index is -3.92. The number of halogens is 2. The fourth-order valence-electron chi connectivity index (χ4n) is 4.06. The largest absolute Gasteiger partial charge is 0.345 e. The van der Waals surface area contributed by atoms with Gasteiger partial charge in [0.2, 0.25) is 5.91 Å². The van der Waals surface area contributed by atoms with Crippen LogP contribution in [0.1, 0.15) is 12.0 Å². The molecule has 0 saturated carbocycles. The van der Waals surface area contributed by atoms with Crippen LogP contribution in [0.4, 0.5) is 14.5 Å². The number of amides is 1. The number of nitrogens with one attached hydrogen (secondary N) is 1. The van der Waals surface area contributed by atoms with E-state index in [1.807, 2.05) is 13.0 Å². The summed E-state index contributed by atoms with van der Waals surface area (Å²) in [6.45, 7) is 2.68. The molecule has 1 saturated heterocycles. The van der Waals surface area contributed by atoms with Gasteiger partial charge < -0.3 is 9.88 Å². The summed E-state index contributed by atoms with van der Waals surface area (Å²) in [7, 11) is -3.92. The number of nitrogens with zero attached hydrogens (tertiary/aromatic N) is 2. The number of carbonyl (C=O) groups is 1. The Labute approximate surface area is 185 Å². The number of para-hydroxylation sites is 1. The highest BCUT2D eigenvalue weighted by atomic mass is 32.2. The lowest BCUT2D eigenvalue weighted by atomic mass is 10.2. The highest BCUT2D eigenvalue weighted by Gasteiger charge is 2.37. The number of fused-ring (bicyclic) bond motifs is 1. The van der Waals surface area contributed by atoms with E-state index >= 15 is 0 Å². The molecule has 32 heavy (non-hydrogen) atoms. The third kappa shape index (κ3) is 4.99. The number of aromatic nitrogens is 1. The van der Waals surface area contributed by atoms with Crippen LogP contribution in [-0.2, 0) is 21.2 Å². The third-order valence-corrected chi connectivity index (χ3v) is 7.25. The Morgan fingerprint density at radius 1 is 1.12 bits per heavy atom. The molecule has 3 aromatic rings. The summed E-state index contributed by atoms with van der Waals surface area (Å²) in [5, 5.41) is 3.15. The molecule has 9 heteroatoms. The molecule has 2 aromatic carbocycles. The van der Waals surface area contributed by atoms with Gasteiger partial charge in [0.1, 0.15) is 5.75 Å². The van der Waals surface area contributed by atoms with E-state index in [2.05, 4.69) is 5.32 Å². The molecule has 1 aromatic heterocycles. The maximum atomic E-state index is 13.5. The first-order valence-corrected chi connectivity index (χ1v) is 12.1. The topological polar surface area (TPSA) is 71.4 Å². The molecule has 170 valence electrons. The lowest BCUT2D eigenvalue weighted by Gasteiger charge is -2.16. The van der Waals surface area contributed by atoms with Gasteiger partial charge in [0.25, 0.3) is 5.92 Å². The molecule has 1 N–H and O–H groups in total. The molecule has 1 aliphatic heterocycles. The summed E-state index contributed by atoms with van der Waals surface area (Å²) in [4.78, 5) is 14.2. The van der Waals surface area contributed by atoms with Crippen molar-refractivity contribution >= 4 is 32.3 Å². The fraction of sp³-hybridized carbons (Fsp3) is 0.348. The first kappa shape index (κ1) is 22.4. The molecule has 1 fully saturated rings. The fourth-order valence-corrected chi connectivity index (χ4v) is 5.43. The van der Waals surface area contributed by atoms with Gasteiger partial charge in [-0.05, 0) is 30.7 Å². The quantitative estimate of drug-likeness (QED) is 0.583. The van der Waals surface area contributed by atoms with Gasteiger partial charge in [-0.3, -0.25) is 9.69 Å². The molecule has 0 radical (unpaired) electrons. The number of anilines is 1. The molecule has 1 aliphatic rings. The highest BCUT2D eigenvalue weighted by molar-refractivity contribution is 7.92.